The molecule has 29 heavy (non-hydrogen) atoms. The standard InChI is InChI=1S/C22H25N5O2/c1-14-8-10-23-20(12-14)25-22(29)27-16-9-11-26(13-16)18-6-5-17(24-21(18)27)19(28)7-4-15-2-3-15/h5-6,8,10,12,15-16H,2-4,7,9,11,13H2,1H3,(H,23,25,29)/t16-/m0/s1. The van der Waals surface area contributed by atoms with Crippen molar-refractivity contribution < 1.29 is 9.59 Å². The molecule has 0 aromatic carbocycles. The molecular weight excluding hydrogens is 366 g/mol. The first kappa shape index (κ1) is 18.1. The van der Waals surface area contributed by atoms with Crippen molar-refractivity contribution in [2.75, 3.05) is 28.2 Å². The van der Waals surface area contributed by atoms with Gasteiger partial charge in [-0.3, -0.25) is 15.0 Å². The molecule has 1 saturated carbocycles. The van der Waals surface area contributed by atoms with Gasteiger partial charge < -0.3 is 4.90 Å². The molecule has 2 amide bonds. The average molecular weight is 391 g/mol. The maximum atomic E-state index is 13.2. The zero-order valence-electron chi connectivity index (χ0n) is 16.6. The molecule has 2 aliphatic heterocycles. The molecule has 0 spiro atoms. The third kappa shape index (κ3) is 3.57. The molecule has 1 N–H and O–H groups in total. The lowest BCUT2D eigenvalue weighted by atomic mass is 10.1. The number of fused-ring (bicyclic) bond motifs is 4. The van der Waals surface area contributed by atoms with E-state index in [1.807, 2.05) is 31.2 Å². The molecule has 150 valence electrons. The second-order valence-electron chi connectivity index (χ2n) is 8.35. The van der Waals surface area contributed by atoms with Gasteiger partial charge in [0, 0.05) is 25.7 Å². The number of hydrogen-bond donors (Lipinski definition) is 1. The molecule has 3 aliphatic rings. The van der Waals surface area contributed by atoms with E-state index in [-0.39, 0.29) is 17.9 Å². The number of hydrogen-bond acceptors (Lipinski definition) is 5. The third-order valence-corrected chi connectivity index (χ3v) is 6.08. The van der Waals surface area contributed by atoms with Crippen molar-refractivity contribution in [2.45, 2.75) is 45.1 Å². The number of carbonyl (C=O) groups is 2. The van der Waals surface area contributed by atoms with Crippen LogP contribution in [0.2, 0.25) is 0 Å². The predicted octanol–water partition coefficient (Wildman–Crippen LogP) is 3.79. The van der Waals surface area contributed by atoms with Gasteiger partial charge in [-0.2, -0.15) is 0 Å². The fourth-order valence-corrected chi connectivity index (χ4v) is 4.27. The highest BCUT2D eigenvalue weighted by molar-refractivity contribution is 6.05. The normalized spacial score (nSPS) is 19.8. The van der Waals surface area contributed by atoms with Gasteiger partial charge in [0.15, 0.2) is 11.6 Å². The number of aromatic nitrogens is 2. The Morgan fingerprint density at radius 1 is 1.21 bits per heavy atom. The van der Waals surface area contributed by atoms with E-state index in [2.05, 4.69) is 20.2 Å². The van der Waals surface area contributed by atoms with Crippen LogP contribution in [-0.4, -0.2) is 40.9 Å². The summed E-state index contributed by atoms with van der Waals surface area (Å²) in [5, 5.41) is 2.91. The van der Waals surface area contributed by atoms with Crippen LogP contribution in [0.3, 0.4) is 0 Å². The van der Waals surface area contributed by atoms with E-state index in [0.717, 1.165) is 37.2 Å². The highest BCUT2D eigenvalue weighted by Crippen LogP contribution is 2.39. The molecule has 7 nitrogen and oxygen atoms in total. The van der Waals surface area contributed by atoms with E-state index >= 15 is 0 Å². The minimum absolute atomic E-state index is 0.0524. The van der Waals surface area contributed by atoms with Gasteiger partial charge in [0.25, 0.3) is 0 Å². The summed E-state index contributed by atoms with van der Waals surface area (Å²) in [5.74, 6) is 1.88. The number of Topliss-reactive ketones (excluding diaryl/α,β-unsaturated/α-hetero) is 1. The fourth-order valence-electron chi connectivity index (χ4n) is 4.27. The Bertz CT molecular complexity index is 971. The number of amides is 2. The fraction of sp³-hybridized carbons (Fsp3) is 0.455. The molecule has 5 rings (SSSR count). The summed E-state index contributed by atoms with van der Waals surface area (Å²) < 4.78 is 0. The van der Waals surface area contributed by atoms with E-state index in [1.54, 1.807) is 11.1 Å². The van der Waals surface area contributed by atoms with Crippen LogP contribution in [0.5, 0.6) is 0 Å². The largest absolute Gasteiger partial charge is 0.366 e. The van der Waals surface area contributed by atoms with Crippen LogP contribution < -0.4 is 15.1 Å². The Balaban J connectivity index is 1.43. The second-order valence-corrected chi connectivity index (χ2v) is 8.35. The summed E-state index contributed by atoms with van der Waals surface area (Å²) >= 11 is 0. The molecule has 0 radical (unpaired) electrons. The third-order valence-electron chi connectivity index (χ3n) is 6.08. The van der Waals surface area contributed by atoms with Crippen molar-refractivity contribution in [3.8, 4) is 0 Å². The van der Waals surface area contributed by atoms with Gasteiger partial charge in [-0.1, -0.05) is 12.8 Å². The van der Waals surface area contributed by atoms with Crippen molar-refractivity contribution in [3.05, 3.63) is 41.7 Å². The summed E-state index contributed by atoms with van der Waals surface area (Å²) in [6.45, 7) is 3.64. The number of nitrogens with one attached hydrogen (secondary N) is 1. The van der Waals surface area contributed by atoms with Crippen molar-refractivity contribution in [3.63, 3.8) is 0 Å². The van der Waals surface area contributed by atoms with Gasteiger partial charge in [-0.05, 0) is 55.5 Å². The average Bonchev–Trinajstić information content (AvgIpc) is 3.45. The molecule has 7 heteroatoms. The smallest absolute Gasteiger partial charge is 0.329 e. The van der Waals surface area contributed by atoms with Crippen LogP contribution in [0.1, 0.15) is 48.2 Å². The zero-order valence-corrected chi connectivity index (χ0v) is 16.6. The Morgan fingerprint density at radius 3 is 2.86 bits per heavy atom. The molecular formula is C22H25N5O2. The highest BCUT2D eigenvalue weighted by Gasteiger charge is 2.40. The number of aryl methyl sites for hydroxylation is 1. The Kier molecular flexibility index (Phi) is 4.45. The lowest BCUT2D eigenvalue weighted by Gasteiger charge is -2.35. The van der Waals surface area contributed by atoms with Gasteiger partial charge in [0.05, 0.1) is 11.7 Å². The first-order chi connectivity index (χ1) is 14.1. The van der Waals surface area contributed by atoms with Gasteiger partial charge in [0.1, 0.15) is 11.5 Å². The van der Waals surface area contributed by atoms with E-state index in [4.69, 9.17) is 0 Å². The second kappa shape index (κ2) is 7.13. The van der Waals surface area contributed by atoms with Gasteiger partial charge in [0.2, 0.25) is 0 Å². The summed E-state index contributed by atoms with van der Waals surface area (Å²) in [5.41, 5.74) is 2.41. The van der Waals surface area contributed by atoms with Crippen molar-refractivity contribution in [2.24, 2.45) is 5.92 Å². The number of anilines is 3. The topological polar surface area (TPSA) is 78.4 Å². The van der Waals surface area contributed by atoms with E-state index in [1.165, 1.54) is 12.8 Å². The Hall–Kier alpha value is -2.96. The van der Waals surface area contributed by atoms with Gasteiger partial charge >= 0.3 is 6.03 Å². The quantitative estimate of drug-likeness (QED) is 0.785. The zero-order chi connectivity index (χ0) is 20.0. The highest BCUT2D eigenvalue weighted by atomic mass is 16.2. The maximum Gasteiger partial charge on any atom is 0.329 e. The molecule has 0 unspecified atom stereocenters. The van der Waals surface area contributed by atoms with E-state index in [0.29, 0.717) is 29.7 Å². The SMILES string of the molecule is Cc1ccnc(NC(=O)N2c3nc(C(=O)CCC4CC4)ccc3N3CC[C@H]2C3)c1. The van der Waals surface area contributed by atoms with Crippen LogP contribution in [0, 0.1) is 12.8 Å². The summed E-state index contributed by atoms with van der Waals surface area (Å²) in [7, 11) is 0. The Morgan fingerprint density at radius 2 is 2.07 bits per heavy atom. The van der Waals surface area contributed by atoms with Crippen molar-refractivity contribution >= 4 is 29.1 Å². The summed E-state index contributed by atoms with van der Waals surface area (Å²) in [6.07, 6.45) is 6.51. The van der Waals surface area contributed by atoms with Crippen molar-refractivity contribution in [1.82, 2.24) is 9.97 Å². The molecule has 2 fully saturated rings. The minimum atomic E-state index is -0.244. The van der Waals surface area contributed by atoms with Crippen LogP contribution in [0.4, 0.5) is 22.1 Å². The number of ketones is 1. The molecule has 2 aromatic heterocycles. The summed E-state index contributed by atoms with van der Waals surface area (Å²) in [4.78, 5) is 38.7. The first-order valence-electron chi connectivity index (χ1n) is 10.4. The van der Waals surface area contributed by atoms with E-state index in [9.17, 15) is 9.59 Å². The van der Waals surface area contributed by atoms with E-state index < -0.39 is 0 Å². The Labute approximate surface area is 170 Å². The molecule has 1 saturated heterocycles. The number of nitrogens with zero attached hydrogens (tertiary/aromatic N) is 4. The van der Waals surface area contributed by atoms with Crippen LogP contribution in [0.25, 0.3) is 0 Å². The molecule has 1 atom stereocenters. The van der Waals surface area contributed by atoms with Gasteiger partial charge in [-0.25, -0.2) is 14.8 Å². The number of urea groups is 1. The molecule has 4 heterocycles. The van der Waals surface area contributed by atoms with Gasteiger partial charge in [-0.15, -0.1) is 0 Å². The van der Waals surface area contributed by atoms with Crippen LogP contribution in [-0.2, 0) is 0 Å². The number of rotatable bonds is 5. The molecule has 2 aromatic rings. The van der Waals surface area contributed by atoms with Crippen molar-refractivity contribution in [1.29, 1.82) is 0 Å². The predicted molar refractivity (Wildman–Crippen MR) is 112 cm³/mol. The summed E-state index contributed by atoms with van der Waals surface area (Å²) in [6, 6.07) is 7.30. The number of pyridine rings is 2. The maximum absolute atomic E-state index is 13.2. The van der Waals surface area contributed by atoms with Crippen LogP contribution in [0.15, 0.2) is 30.5 Å². The monoisotopic (exact) mass is 391 g/mol. The first-order valence-corrected chi connectivity index (χ1v) is 10.4. The lowest BCUT2D eigenvalue weighted by molar-refractivity contribution is 0.0973. The molecule has 1 aliphatic carbocycles. The van der Waals surface area contributed by atoms with Crippen LogP contribution >= 0.6 is 0 Å². The molecule has 2 bridgehead atoms. The minimum Gasteiger partial charge on any atom is -0.366 e. The lowest BCUT2D eigenvalue weighted by Crippen LogP contribution is -2.48. The number of carbonyl (C=O) groups excluding carboxylic acids is 2.